The van der Waals surface area contributed by atoms with Crippen molar-refractivity contribution < 1.29 is 4.79 Å². The van der Waals surface area contributed by atoms with Crippen LogP contribution in [0.15, 0.2) is 18.2 Å². The first-order valence-corrected chi connectivity index (χ1v) is 8.26. The van der Waals surface area contributed by atoms with Crippen LogP contribution in [0, 0.1) is 0 Å². The quantitative estimate of drug-likeness (QED) is 0.742. The highest BCUT2D eigenvalue weighted by Gasteiger charge is 2.28. The number of Topliss-reactive ketones (excluding diaryl/α,β-unsaturated/α-hetero) is 1. The zero-order valence-electron chi connectivity index (χ0n) is 12.2. The minimum atomic E-state index is 0.121. The molecule has 0 N–H and O–H groups in total. The van der Waals surface area contributed by atoms with Crippen molar-refractivity contribution in [3.05, 3.63) is 29.3 Å². The summed E-state index contributed by atoms with van der Waals surface area (Å²) in [5.41, 5.74) is 2.83. The largest absolute Gasteiger partial charge is 0.298 e. The second-order valence-corrected chi connectivity index (χ2v) is 6.69. The Hall–Kier alpha value is -0.720. The molecule has 1 aliphatic heterocycles. The van der Waals surface area contributed by atoms with Gasteiger partial charge < -0.3 is 0 Å². The molecule has 0 fully saturated rings. The molecular formula is C16H24NOP. The van der Waals surface area contributed by atoms with Gasteiger partial charge in [0.2, 0.25) is 0 Å². The van der Waals surface area contributed by atoms with Crippen LogP contribution in [0.2, 0.25) is 0 Å². The number of carbonyl (C=O) groups is 1. The molecule has 0 amide bonds. The van der Waals surface area contributed by atoms with Gasteiger partial charge in [0.25, 0.3) is 0 Å². The molecule has 3 heteroatoms. The highest BCUT2D eigenvalue weighted by Crippen LogP contribution is 2.34. The lowest BCUT2D eigenvalue weighted by Crippen LogP contribution is -2.32. The molecule has 0 bridgehead atoms. The van der Waals surface area contributed by atoms with Crippen LogP contribution in [-0.4, -0.2) is 16.5 Å². The first-order chi connectivity index (χ1) is 9.15. The van der Waals surface area contributed by atoms with E-state index >= 15 is 0 Å². The summed E-state index contributed by atoms with van der Waals surface area (Å²) in [6, 6.07) is 6.92. The van der Waals surface area contributed by atoms with E-state index in [4.69, 9.17) is 0 Å². The second-order valence-electron chi connectivity index (χ2n) is 5.35. The van der Waals surface area contributed by atoms with Crippen molar-refractivity contribution in [3.8, 4) is 0 Å². The molecule has 104 valence electrons. The number of unbranched alkanes of at least 4 members (excludes halogenated alkanes) is 1. The number of aryl methyl sites for hydroxylation is 1. The smallest absolute Gasteiger partial charge is 0.147 e. The van der Waals surface area contributed by atoms with Crippen LogP contribution in [0.5, 0.6) is 0 Å². The number of rotatable bonds is 6. The van der Waals surface area contributed by atoms with Gasteiger partial charge in [-0.2, -0.15) is 0 Å². The van der Waals surface area contributed by atoms with Crippen LogP contribution in [0.4, 0.5) is 0 Å². The molecule has 2 atom stereocenters. The number of fused-ring (bicyclic) bond motifs is 1. The first kappa shape index (κ1) is 14.7. The van der Waals surface area contributed by atoms with Crippen molar-refractivity contribution in [3.63, 3.8) is 0 Å². The normalized spacial score (nSPS) is 17.6. The molecule has 1 heterocycles. The van der Waals surface area contributed by atoms with E-state index in [1.165, 1.54) is 16.4 Å². The van der Waals surface area contributed by atoms with Gasteiger partial charge in [-0.1, -0.05) is 44.9 Å². The van der Waals surface area contributed by atoms with E-state index in [-0.39, 0.29) is 6.04 Å². The highest BCUT2D eigenvalue weighted by molar-refractivity contribution is 7.45. The Morgan fingerprint density at radius 2 is 2.21 bits per heavy atom. The van der Waals surface area contributed by atoms with Gasteiger partial charge in [0.05, 0.1) is 6.04 Å². The van der Waals surface area contributed by atoms with E-state index in [0.29, 0.717) is 14.5 Å². The summed E-state index contributed by atoms with van der Waals surface area (Å²) < 4.78 is 2.38. The lowest BCUT2D eigenvalue weighted by molar-refractivity contribution is -0.120. The van der Waals surface area contributed by atoms with Gasteiger partial charge in [-0.15, -0.1) is 0 Å². The van der Waals surface area contributed by atoms with Crippen LogP contribution < -0.4 is 5.30 Å². The van der Waals surface area contributed by atoms with Crippen molar-refractivity contribution in [2.75, 3.05) is 0 Å². The molecule has 0 saturated heterocycles. The molecule has 1 aromatic rings. The number of benzene rings is 1. The standard InChI is InChI=1S/C16H24NOP/c1-4-6-7-15(12(3)18)17-11-14-10-13(5-2)8-9-16(14)19-17/h8-10,15,19H,4-7,11H2,1-3H3. The van der Waals surface area contributed by atoms with Gasteiger partial charge in [-0.25, -0.2) is 0 Å². The molecule has 0 spiro atoms. The molecule has 2 nitrogen and oxygen atoms in total. The van der Waals surface area contributed by atoms with E-state index in [0.717, 1.165) is 32.2 Å². The van der Waals surface area contributed by atoms with E-state index in [1.807, 2.05) is 0 Å². The number of nitrogens with zero attached hydrogens (tertiary/aromatic N) is 1. The van der Waals surface area contributed by atoms with Crippen molar-refractivity contribution in [1.82, 2.24) is 4.67 Å². The van der Waals surface area contributed by atoms with Crippen LogP contribution >= 0.6 is 8.73 Å². The SMILES string of the molecule is CCCCC(C(C)=O)N1Cc2cc(CC)ccc2P1. The molecular weight excluding hydrogens is 253 g/mol. The Bertz CT molecular complexity index is 458. The minimum absolute atomic E-state index is 0.121. The molecule has 0 saturated carbocycles. The second kappa shape index (κ2) is 6.63. The first-order valence-electron chi connectivity index (χ1n) is 7.31. The van der Waals surface area contributed by atoms with Crippen molar-refractivity contribution in [2.45, 2.75) is 59.0 Å². The average molecular weight is 277 g/mol. The number of ketones is 1. The lowest BCUT2D eigenvalue weighted by Gasteiger charge is -2.24. The third-order valence-electron chi connectivity index (χ3n) is 3.86. The molecule has 0 radical (unpaired) electrons. The molecule has 1 aromatic carbocycles. The van der Waals surface area contributed by atoms with Gasteiger partial charge in [-0.05, 0) is 44.9 Å². The fourth-order valence-corrected chi connectivity index (χ4v) is 4.13. The summed E-state index contributed by atoms with van der Waals surface area (Å²) in [7, 11) is 0.665. The minimum Gasteiger partial charge on any atom is -0.298 e. The molecule has 2 unspecified atom stereocenters. The topological polar surface area (TPSA) is 20.3 Å². The predicted molar refractivity (Wildman–Crippen MR) is 83.3 cm³/mol. The monoisotopic (exact) mass is 277 g/mol. The van der Waals surface area contributed by atoms with Gasteiger partial charge in [-0.3, -0.25) is 9.46 Å². The van der Waals surface area contributed by atoms with Crippen molar-refractivity contribution in [1.29, 1.82) is 0 Å². The number of hydrogen-bond donors (Lipinski definition) is 0. The zero-order valence-corrected chi connectivity index (χ0v) is 13.2. The highest BCUT2D eigenvalue weighted by atomic mass is 31.1. The van der Waals surface area contributed by atoms with E-state index in [2.05, 4.69) is 36.7 Å². The van der Waals surface area contributed by atoms with Crippen molar-refractivity contribution in [2.24, 2.45) is 0 Å². The fraction of sp³-hybridized carbons (Fsp3) is 0.562. The van der Waals surface area contributed by atoms with Crippen molar-refractivity contribution >= 4 is 19.8 Å². The molecule has 0 aliphatic carbocycles. The van der Waals surface area contributed by atoms with Gasteiger partial charge in [0.1, 0.15) is 5.78 Å². The fourth-order valence-electron chi connectivity index (χ4n) is 2.65. The molecule has 2 rings (SSSR count). The number of carbonyl (C=O) groups excluding carboxylic acids is 1. The van der Waals surface area contributed by atoms with Crippen LogP contribution in [-0.2, 0) is 17.8 Å². The molecule has 0 aromatic heterocycles. The Balaban J connectivity index is 2.10. The summed E-state index contributed by atoms with van der Waals surface area (Å²) in [6.45, 7) is 7.07. The maximum atomic E-state index is 11.9. The summed E-state index contributed by atoms with van der Waals surface area (Å²) in [5.74, 6) is 0.324. The predicted octanol–water partition coefficient (Wildman–Crippen LogP) is 3.43. The lowest BCUT2D eigenvalue weighted by atomic mass is 10.1. The molecule has 1 aliphatic rings. The third kappa shape index (κ3) is 3.43. The van der Waals surface area contributed by atoms with Crippen LogP contribution in [0.1, 0.15) is 51.2 Å². The number of hydrogen-bond acceptors (Lipinski definition) is 2. The van der Waals surface area contributed by atoms with E-state index in [1.54, 1.807) is 6.92 Å². The molecule has 19 heavy (non-hydrogen) atoms. The zero-order chi connectivity index (χ0) is 13.8. The Morgan fingerprint density at radius 3 is 2.84 bits per heavy atom. The van der Waals surface area contributed by atoms with Gasteiger partial charge in [0.15, 0.2) is 0 Å². The maximum absolute atomic E-state index is 11.9. The summed E-state index contributed by atoms with van der Waals surface area (Å²) >= 11 is 0. The summed E-state index contributed by atoms with van der Waals surface area (Å²) in [5, 5.41) is 1.43. The Labute approximate surface area is 118 Å². The third-order valence-corrected chi connectivity index (χ3v) is 5.34. The van der Waals surface area contributed by atoms with Gasteiger partial charge >= 0.3 is 0 Å². The Morgan fingerprint density at radius 1 is 1.42 bits per heavy atom. The van der Waals surface area contributed by atoms with Gasteiger partial charge in [0, 0.05) is 6.54 Å². The van der Waals surface area contributed by atoms with E-state index in [9.17, 15) is 4.79 Å². The van der Waals surface area contributed by atoms with E-state index < -0.39 is 0 Å². The Kier molecular flexibility index (Phi) is 5.13. The summed E-state index contributed by atoms with van der Waals surface area (Å²) in [4.78, 5) is 11.9. The van der Waals surface area contributed by atoms with Crippen LogP contribution in [0.25, 0.3) is 0 Å². The van der Waals surface area contributed by atoms with Crippen LogP contribution in [0.3, 0.4) is 0 Å². The maximum Gasteiger partial charge on any atom is 0.147 e. The summed E-state index contributed by atoms with van der Waals surface area (Å²) in [6.07, 6.45) is 4.39. The average Bonchev–Trinajstić information content (AvgIpc) is 2.81.